The number of hydrazine groups is 1. The van der Waals surface area contributed by atoms with E-state index in [2.05, 4.69) is 5.43 Å². The van der Waals surface area contributed by atoms with E-state index < -0.39 is 10.5 Å². The molecule has 4 N–H and O–H groups in total. The maximum Gasteiger partial charge on any atom is 0.316 e. The van der Waals surface area contributed by atoms with Gasteiger partial charge in [0.05, 0.1) is 10.5 Å². The molecular weight excluding hydrogens is 248 g/mol. The predicted octanol–water partition coefficient (Wildman–Crippen LogP) is 1.23. The molecule has 0 aliphatic carbocycles. The van der Waals surface area contributed by atoms with E-state index >= 15 is 0 Å². The average Bonchev–Trinajstić information content (AvgIpc) is 2.37. The number of piperidine rings is 1. The van der Waals surface area contributed by atoms with E-state index in [9.17, 15) is 15.2 Å². The SMILES string of the molecule is CC1(O)CCN(c2cccc(NN)c2[N+](=O)[O-])CC1. The number of nitrogens with two attached hydrogens (primary N) is 1. The average molecular weight is 266 g/mol. The van der Waals surface area contributed by atoms with Crippen molar-refractivity contribution < 1.29 is 10.0 Å². The Bertz CT molecular complexity index is 480. The standard InChI is InChI=1S/C12H18N4O3/c1-12(17)5-7-15(8-6-12)10-4-2-3-9(14-13)11(10)16(18)19/h2-4,14,17H,5-8,13H2,1H3. The second-order valence-corrected chi connectivity index (χ2v) is 5.06. The van der Waals surface area contributed by atoms with Gasteiger partial charge in [-0.1, -0.05) is 6.07 Å². The molecule has 0 amide bonds. The third-order valence-electron chi connectivity index (χ3n) is 3.53. The van der Waals surface area contributed by atoms with Gasteiger partial charge in [-0.3, -0.25) is 16.0 Å². The van der Waals surface area contributed by atoms with E-state index in [1.165, 1.54) is 0 Å². The summed E-state index contributed by atoms with van der Waals surface area (Å²) in [5, 5.41) is 21.1. The van der Waals surface area contributed by atoms with E-state index in [1.807, 2.05) is 4.90 Å². The highest BCUT2D eigenvalue weighted by molar-refractivity contribution is 5.76. The van der Waals surface area contributed by atoms with Crippen molar-refractivity contribution in [3.05, 3.63) is 28.3 Å². The smallest absolute Gasteiger partial charge is 0.316 e. The van der Waals surface area contributed by atoms with Gasteiger partial charge < -0.3 is 15.4 Å². The number of nitrogen functional groups attached to an aromatic ring is 1. The Hall–Kier alpha value is -1.86. The van der Waals surface area contributed by atoms with Crippen LogP contribution >= 0.6 is 0 Å². The minimum absolute atomic E-state index is 0.0217. The van der Waals surface area contributed by atoms with Crippen molar-refractivity contribution in [1.29, 1.82) is 0 Å². The molecule has 19 heavy (non-hydrogen) atoms. The molecule has 1 fully saturated rings. The number of benzene rings is 1. The summed E-state index contributed by atoms with van der Waals surface area (Å²) in [6.45, 7) is 2.96. The van der Waals surface area contributed by atoms with Crippen molar-refractivity contribution in [2.24, 2.45) is 5.84 Å². The molecule has 1 saturated heterocycles. The van der Waals surface area contributed by atoms with Crippen LogP contribution in [0.25, 0.3) is 0 Å². The highest BCUT2D eigenvalue weighted by Crippen LogP contribution is 2.37. The number of aliphatic hydroxyl groups is 1. The van der Waals surface area contributed by atoms with Crippen molar-refractivity contribution in [2.45, 2.75) is 25.4 Å². The third-order valence-corrected chi connectivity index (χ3v) is 3.53. The van der Waals surface area contributed by atoms with Gasteiger partial charge in [0, 0.05) is 13.1 Å². The lowest BCUT2D eigenvalue weighted by Gasteiger charge is -2.36. The molecule has 1 aliphatic rings. The van der Waals surface area contributed by atoms with Gasteiger partial charge >= 0.3 is 5.69 Å². The maximum absolute atomic E-state index is 11.2. The van der Waals surface area contributed by atoms with Crippen LogP contribution in [0.1, 0.15) is 19.8 Å². The minimum atomic E-state index is -0.686. The van der Waals surface area contributed by atoms with Gasteiger partial charge in [-0.25, -0.2) is 0 Å². The van der Waals surface area contributed by atoms with Crippen LogP contribution in [0.3, 0.4) is 0 Å². The minimum Gasteiger partial charge on any atom is -0.390 e. The largest absolute Gasteiger partial charge is 0.390 e. The monoisotopic (exact) mass is 266 g/mol. The first-order valence-corrected chi connectivity index (χ1v) is 6.16. The summed E-state index contributed by atoms with van der Waals surface area (Å²) in [6.07, 6.45) is 1.18. The first-order valence-electron chi connectivity index (χ1n) is 6.16. The molecule has 0 bridgehead atoms. The lowest BCUT2D eigenvalue weighted by Crippen LogP contribution is -2.42. The van der Waals surface area contributed by atoms with Crippen LogP contribution in [0.15, 0.2) is 18.2 Å². The molecule has 0 unspecified atom stereocenters. The van der Waals surface area contributed by atoms with Crippen molar-refractivity contribution in [2.75, 3.05) is 23.4 Å². The normalized spacial score (nSPS) is 18.2. The number of nitrogens with zero attached hydrogens (tertiary/aromatic N) is 2. The van der Waals surface area contributed by atoms with E-state index in [4.69, 9.17) is 5.84 Å². The van der Waals surface area contributed by atoms with Gasteiger partial charge in [0.1, 0.15) is 11.4 Å². The molecule has 1 aliphatic heterocycles. The Morgan fingerprint density at radius 3 is 2.63 bits per heavy atom. The van der Waals surface area contributed by atoms with Gasteiger partial charge in [-0.2, -0.15) is 0 Å². The summed E-state index contributed by atoms with van der Waals surface area (Å²) in [4.78, 5) is 12.7. The predicted molar refractivity (Wildman–Crippen MR) is 73.0 cm³/mol. The van der Waals surface area contributed by atoms with Crippen LogP contribution in [-0.4, -0.2) is 28.7 Å². The number of anilines is 2. The summed E-state index contributed by atoms with van der Waals surface area (Å²) < 4.78 is 0. The first kappa shape index (κ1) is 13.6. The molecule has 1 aromatic carbocycles. The quantitative estimate of drug-likeness (QED) is 0.432. The topological polar surface area (TPSA) is 105 Å². The number of hydrogen-bond donors (Lipinski definition) is 3. The number of nitro benzene ring substituents is 1. The van der Waals surface area contributed by atoms with Gasteiger partial charge in [0.25, 0.3) is 0 Å². The number of nitro groups is 1. The van der Waals surface area contributed by atoms with Crippen LogP contribution in [0, 0.1) is 10.1 Å². The fourth-order valence-electron chi connectivity index (χ4n) is 2.32. The zero-order valence-electron chi connectivity index (χ0n) is 10.8. The Balaban J connectivity index is 2.32. The fourth-order valence-corrected chi connectivity index (χ4v) is 2.32. The molecular formula is C12H18N4O3. The van der Waals surface area contributed by atoms with Crippen LogP contribution in [0.5, 0.6) is 0 Å². The van der Waals surface area contributed by atoms with Gasteiger partial charge in [0.2, 0.25) is 0 Å². The summed E-state index contributed by atoms with van der Waals surface area (Å²) in [5.74, 6) is 5.32. The van der Waals surface area contributed by atoms with E-state index in [1.54, 1.807) is 25.1 Å². The molecule has 0 spiro atoms. The highest BCUT2D eigenvalue weighted by Gasteiger charge is 2.31. The Morgan fingerprint density at radius 2 is 2.11 bits per heavy atom. The summed E-state index contributed by atoms with van der Waals surface area (Å²) in [6, 6.07) is 5.00. The molecule has 1 aromatic rings. The van der Waals surface area contributed by atoms with Crippen LogP contribution < -0.4 is 16.2 Å². The summed E-state index contributed by atoms with van der Waals surface area (Å²) >= 11 is 0. The zero-order chi connectivity index (χ0) is 14.0. The second kappa shape index (κ2) is 5.02. The maximum atomic E-state index is 11.2. The van der Waals surface area contributed by atoms with E-state index in [0.29, 0.717) is 37.3 Å². The van der Waals surface area contributed by atoms with Crippen molar-refractivity contribution >= 4 is 17.1 Å². The fraction of sp³-hybridized carbons (Fsp3) is 0.500. The number of para-hydroxylation sites is 1. The molecule has 7 nitrogen and oxygen atoms in total. The number of nitrogens with one attached hydrogen (secondary N) is 1. The van der Waals surface area contributed by atoms with Crippen molar-refractivity contribution in [3.8, 4) is 0 Å². The molecule has 0 saturated carbocycles. The summed E-state index contributed by atoms with van der Waals surface area (Å²) in [7, 11) is 0. The molecule has 7 heteroatoms. The molecule has 1 heterocycles. The molecule has 2 rings (SSSR count). The highest BCUT2D eigenvalue weighted by atomic mass is 16.6. The van der Waals surface area contributed by atoms with Gasteiger partial charge in [0.15, 0.2) is 0 Å². The van der Waals surface area contributed by atoms with E-state index in [0.717, 1.165) is 0 Å². The Labute approximate surface area is 111 Å². The molecule has 0 aromatic heterocycles. The first-order chi connectivity index (χ1) is 8.94. The lowest BCUT2D eigenvalue weighted by atomic mass is 9.93. The van der Waals surface area contributed by atoms with Crippen LogP contribution in [0.4, 0.5) is 17.1 Å². The van der Waals surface area contributed by atoms with Crippen molar-refractivity contribution in [1.82, 2.24) is 0 Å². The molecule has 104 valence electrons. The Morgan fingerprint density at radius 1 is 1.47 bits per heavy atom. The second-order valence-electron chi connectivity index (χ2n) is 5.06. The van der Waals surface area contributed by atoms with Gasteiger partial charge in [-0.15, -0.1) is 0 Å². The number of rotatable bonds is 3. The molecule has 0 radical (unpaired) electrons. The van der Waals surface area contributed by atoms with Crippen LogP contribution in [0.2, 0.25) is 0 Å². The third kappa shape index (κ3) is 2.77. The Kier molecular flexibility index (Phi) is 3.59. The molecule has 0 atom stereocenters. The summed E-state index contributed by atoms with van der Waals surface area (Å²) in [5.41, 5.74) is 2.48. The lowest BCUT2D eigenvalue weighted by molar-refractivity contribution is -0.383. The number of hydrogen-bond acceptors (Lipinski definition) is 6. The zero-order valence-corrected chi connectivity index (χ0v) is 10.8. The van der Waals surface area contributed by atoms with Gasteiger partial charge in [-0.05, 0) is 31.9 Å². The van der Waals surface area contributed by atoms with Crippen molar-refractivity contribution in [3.63, 3.8) is 0 Å². The van der Waals surface area contributed by atoms with Crippen LogP contribution in [-0.2, 0) is 0 Å². The van der Waals surface area contributed by atoms with E-state index in [-0.39, 0.29) is 5.69 Å².